The first-order valence-corrected chi connectivity index (χ1v) is 4.63. The van der Waals surface area contributed by atoms with Crippen molar-refractivity contribution in [3.8, 4) is 17.9 Å². The summed E-state index contributed by atoms with van der Waals surface area (Å²) >= 11 is 0. The molecule has 2 rings (SSSR count). The fourth-order valence-corrected chi connectivity index (χ4v) is 1.57. The number of nitriles is 1. The summed E-state index contributed by atoms with van der Waals surface area (Å²) in [6.07, 6.45) is 1.37. The normalized spacial score (nSPS) is 11.9. The highest BCUT2D eigenvalue weighted by Crippen LogP contribution is 2.22. The molecule has 0 unspecified atom stereocenters. The van der Waals surface area contributed by atoms with Crippen LogP contribution in [0, 0.1) is 23.2 Å². The zero-order valence-electron chi connectivity index (χ0n) is 7.80. The maximum atomic E-state index is 8.34. The number of nitrogens with one attached hydrogen (secondary N) is 1. The fraction of sp³-hybridized carbons (Fsp3) is 0.250. The van der Waals surface area contributed by atoms with Crippen LogP contribution in [0.2, 0.25) is 0 Å². The van der Waals surface area contributed by atoms with Gasteiger partial charge in [-0.15, -0.1) is 0 Å². The molecule has 0 radical (unpaired) electrons. The number of nitrogens with zero attached hydrogens (tertiary/aromatic N) is 1. The molecule has 0 aliphatic carbocycles. The fourth-order valence-electron chi connectivity index (χ4n) is 1.57. The van der Waals surface area contributed by atoms with Crippen LogP contribution in [0.3, 0.4) is 0 Å². The van der Waals surface area contributed by atoms with Crippen molar-refractivity contribution >= 4 is 5.69 Å². The molecule has 0 aromatic heterocycles. The monoisotopic (exact) mass is 182 g/mol. The molecule has 0 atom stereocenters. The molecular formula is C12H10N2. The Morgan fingerprint density at radius 3 is 3.21 bits per heavy atom. The molecule has 14 heavy (non-hydrogen) atoms. The van der Waals surface area contributed by atoms with Gasteiger partial charge in [0.2, 0.25) is 0 Å². The molecule has 0 fully saturated rings. The second-order valence-electron chi connectivity index (χ2n) is 3.19. The van der Waals surface area contributed by atoms with E-state index in [9.17, 15) is 0 Å². The molecule has 1 aromatic carbocycles. The minimum atomic E-state index is 0.301. The number of hydrogen-bond acceptors (Lipinski definition) is 2. The molecule has 1 aromatic rings. The van der Waals surface area contributed by atoms with Crippen LogP contribution in [0.4, 0.5) is 5.69 Å². The quantitative estimate of drug-likeness (QED) is 0.622. The topological polar surface area (TPSA) is 35.8 Å². The molecule has 2 heteroatoms. The van der Waals surface area contributed by atoms with Gasteiger partial charge < -0.3 is 5.32 Å². The maximum absolute atomic E-state index is 8.34. The van der Waals surface area contributed by atoms with Crippen LogP contribution in [0.5, 0.6) is 0 Å². The number of benzene rings is 1. The van der Waals surface area contributed by atoms with Crippen molar-refractivity contribution in [3.05, 3.63) is 29.3 Å². The largest absolute Gasteiger partial charge is 0.384 e. The SMILES string of the molecule is N#CCC#Cc1ccc2c(c1)CCN2. The molecular weight excluding hydrogens is 172 g/mol. The number of anilines is 1. The van der Waals surface area contributed by atoms with E-state index >= 15 is 0 Å². The van der Waals surface area contributed by atoms with Crippen molar-refractivity contribution in [1.29, 1.82) is 5.26 Å². The minimum absolute atomic E-state index is 0.301. The summed E-state index contributed by atoms with van der Waals surface area (Å²) < 4.78 is 0. The lowest BCUT2D eigenvalue weighted by Crippen LogP contribution is -1.90. The lowest BCUT2D eigenvalue weighted by molar-refractivity contribution is 1.11. The van der Waals surface area contributed by atoms with Gasteiger partial charge in [0.25, 0.3) is 0 Å². The molecule has 2 nitrogen and oxygen atoms in total. The summed E-state index contributed by atoms with van der Waals surface area (Å²) in [6.45, 7) is 1.02. The first-order valence-electron chi connectivity index (χ1n) is 4.63. The van der Waals surface area contributed by atoms with Gasteiger partial charge in [-0.3, -0.25) is 0 Å². The van der Waals surface area contributed by atoms with Crippen LogP contribution in [0.25, 0.3) is 0 Å². The van der Waals surface area contributed by atoms with E-state index in [1.54, 1.807) is 0 Å². The van der Waals surface area contributed by atoms with Gasteiger partial charge in [-0.2, -0.15) is 5.26 Å². The molecule has 0 amide bonds. The minimum Gasteiger partial charge on any atom is -0.384 e. The number of rotatable bonds is 0. The summed E-state index contributed by atoms with van der Waals surface area (Å²) in [5, 5.41) is 11.6. The molecule has 68 valence electrons. The third-order valence-electron chi connectivity index (χ3n) is 2.22. The zero-order chi connectivity index (χ0) is 9.80. The Hall–Kier alpha value is -1.93. The van der Waals surface area contributed by atoms with Crippen LogP contribution in [0.1, 0.15) is 17.5 Å². The summed E-state index contributed by atoms with van der Waals surface area (Å²) in [5.74, 6) is 5.79. The van der Waals surface area contributed by atoms with E-state index in [2.05, 4.69) is 29.3 Å². The standard InChI is InChI=1S/C12H10N2/c13-7-2-1-3-10-4-5-12-11(9-10)6-8-14-12/h4-5,9,14H,2,6,8H2. The molecule has 0 bridgehead atoms. The van der Waals surface area contributed by atoms with Gasteiger partial charge in [0.05, 0.1) is 12.5 Å². The highest BCUT2D eigenvalue weighted by Gasteiger charge is 2.08. The second kappa shape index (κ2) is 3.85. The Morgan fingerprint density at radius 2 is 2.36 bits per heavy atom. The first kappa shape index (κ1) is 8.66. The van der Waals surface area contributed by atoms with Gasteiger partial charge >= 0.3 is 0 Å². The number of hydrogen-bond donors (Lipinski definition) is 1. The van der Waals surface area contributed by atoms with Crippen LogP contribution in [0.15, 0.2) is 18.2 Å². The van der Waals surface area contributed by atoms with Crippen molar-refractivity contribution < 1.29 is 0 Å². The average molecular weight is 182 g/mol. The van der Waals surface area contributed by atoms with Crippen molar-refractivity contribution in [3.63, 3.8) is 0 Å². The van der Waals surface area contributed by atoms with Crippen LogP contribution in [-0.2, 0) is 6.42 Å². The van der Waals surface area contributed by atoms with Gasteiger partial charge in [0, 0.05) is 17.8 Å². The number of fused-ring (bicyclic) bond motifs is 1. The van der Waals surface area contributed by atoms with Crippen molar-refractivity contribution in [2.75, 3.05) is 11.9 Å². The first-order chi connectivity index (χ1) is 6.90. The zero-order valence-corrected chi connectivity index (χ0v) is 7.80. The van der Waals surface area contributed by atoms with Crippen molar-refractivity contribution in [1.82, 2.24) is 0 Å². The molecule has 0 saturated heterocycles. The third-order valence-corrected chi connectivity index (χ3v) is 2.22. The van der Waals surface area contributed by atoms with E-state index in [0.29, 0.717) is 6.42 Å². The molecule has 1 N–H and O–H groups in total. The highest BCUT2D eigenvalue weighted by atomic mass is 14.9. The summed E-state index contributed by atoms with van der Waals surface area (Å²) in [4.78, 5) is 0. The van der Waals surface area contributed by atoms with E-state index < -0.39 is 0 Å². The van der Waals surface area contributed by atoms with E-state index in [1.165, 1.54) is 11.3 Å². The van der Waals surface area contributed by atoms with Crippen molar-refractivity contribution in [2.24, 2.45) is 0 Å². The second-order valence-corrected chi connectivity index (χ2v) is 3.19. The van der Waals surface area contributed by atoms with Crippen LogP contribution < -0.4 is 5.32 Å². The van der Waals surface area contributed by atoms with Crippen molar-refractivity contribution in [2.45, 2.75) is 12.8 Å². The highest BCUT2D eigenvalue weighted by molar-refractivity contribution is 5.58. The van der Waals surface area contributed by atoms with E-state index in [-0.39, 0.29) is 0 Å². The summed E-state index contributed by atoms with van der Waals surface area (Å²) in [5.41, 5.74) is 3.55. The molecule has 1 aliphatic heterocycles. The lowest BCUT2D eigenvalue weighted by Gasteiger charge is -1.98. The molecule has 0 spiro atoms. The molecule has 1 aliphatic rings. The summed E-state index contributed by atoms with van der Waals surface area (Å²) in [6, 6.07) is 8.14. The van der Waals surface area contributed by atoms with Crippen LogP contribution in [-0.4, -0.2) is 6.54 Å². The Labute approximate surface area is 83.6 Å². The lowest BCUT2D eigenvalue weighted by atomic mass is 10.1. The third kappa shape index (κ3) is 1.70. The average Bonchev–Trinajstić information content (AvgIpc) is 2.65. The maximum Gasteiger partial charge on any atom is 0.0966 e. The van der Waals surface area contributed by atoms with E-state index in [4.69, 9.17) is 5.26 Å². The Kier molecular flexibility index (Phi) is 2.38. The van der Waals surface area contributed by atoms with Gasteiger partial charge in [-0.1, -0.05) is 11.8 Å². The predicted molar refractivity (Wildman–Crippen MR) is 55.7 cm³/mol. The summed E-state index contributed by atoms with van der Waals surface area (Å²) in [7, 11) is 0. The smallest absolute Gasteiger partial charge is 0.0966 e. The van der Waals surface area contributed by atoms with Crippen LogP contribution >= 0.6 is 0 Å². The van der Waals surface area contributed by atoms with Gasteiger partial charge in [-0.05, 0) is 30.2 Å². The van der Waals surface area contributed by atoms with Gasteiger partial charge in [0.15, 0.2) is 0 Å². The Morgan fingerprint density at radius 1 is 1.43 bits per heavy atom. The predicted octanol–water partition coefficient (Wildman–Crippen LogP) is 1.92. The van der Waals surface area contributed by atoms with E-state index in [0.717, 1.165) is 18.5 Å². The molecule has 0 saturated carbocycles. The van der Waals surface area contributed by atoms with E-state index in [1.807, 2.05) is 12.1 Å². The Bertz CT molecular complexity index is 444. The Balaban J connectivity index is 2.23. The van der Waals surface area contributed by atoms with Gasteiger partial charge in [0.1, 0.15) is 0 Å². The molecule has 1 heterocycles. The van der Waals surface area contributed by atoms with Gasteiger partial charge in [-0.25, -0.2) is 0 Å².